The highest BCUT2D eigenvalue weighted by Gasteiger charge is 2.53. The zero-order valence-electron chi connectivity index (χ0n) is 9.63. The molecule has 1 aromatic heterocycles. The van der Waals surface area contributed by atoms with E-state index in [-0.39, 0.29) is 0 Å². The number of thiophene rings is 1. The molecule has 2 fully saturated rings. The van der Waals surface area contributed by atoms with E-state index in [2.05, 4.69) is 23.7 Å². The van der Waals surface area contributed by atoms with E-state index >= 15 is 0 Å². The molecule has 3 heteroatoms. The minimum absolute atomic E-state index is 0.444. The standard InChI is InChI=1S/C13H18ClNS/c1-9(10-6-12(14)16-7-10)15-8-13(4-5-13)11-2-3-11/h6-7,9,11,15H,2-5,8H2,1H3. The largest absolute Gasteiger partial charge is 0.310 e. The van der Waals surface area contributed by atoms with E-state index in [0.717, 1.165) is 10.3 Å². The first kappa shape index (κ1) is 11.1. The predicted molar refractivity (Wildman–Crippen MR) is 70.1 cm³/mol. The van der Waals surface area contributed by atoms with Crippen LogP contribution in [0.25, 0.3) is 0 Å². The molecule has 0 spiro atoms. The number of halogens is 1. The summed E-state index contributed by atoms with van der Waals surface area (Å²) in [6, 6.07) is 2.53. The Bertz CT molecular complexity index is 379. The molecule has 0 amide bonds. The van der Waals surface area contributed by atoms with Gasteiger partial charge in [-0.25, -0.2) is 0 Å². The van der Waals surface area contributed by atoms with Gasteiger partial charge in [0.25, 0.3) is 0 Å². The monoisotopic (exact) mass is 255 g/mol. The summed E-state index contributed by atoms with van der Waals surface area (Å²) in [5.41, 5.74) is 2.02. The molecule has 2 saturated carbocycles. The van der Waals surface area contributed by atoms with Gasteiger partial charge in [-0.2, -0.15) is 0 Å². The van der Waals surface area contributed by atoms with E-state index in [1.165, 1.54) is 37.8 Å². The lowest BCUT2D eigenvalue weighted by molar-refractivity contribution is 0.382. The Hall–Kier alpha value is -0.0500. The van der Waals surface area contributed by atoms with Gasteiger partial charge in [0.05, 0.1) is 4.34 Å². The van der Waals surface area contributed by atoms with Crippen LogP contribution in [-0.2, 0) is 0 Å². The molecule has 1 heterocycles. The van der Waals surface area contributed by atoms with E-state index in [0.29, 0.717) is 11.5 Å². The Morgan fingerprint density at radius 1 is 1.56 bits per heavy atom. The smallest absolute Gasteiger partial charge is 0.0931 e. The molecule has 0 aromatic carbocycles. The maximum Gasteiger partial charge on any atom is 0.0931 e. The van der Waals surface area contributed by atoms with Crippen LogP contribution < -0.4 is 5.32 Å². The maximum absolute atomic E-state index is 5.96. The molecule has 1 N–H and O–H groups in total. The van der Waals surface area contributed by atoms with Crippen molar-refractivity contribution in [2.24, 2.45) is 11.3 Å². The molecule has 2 aliphatic rings. The fourth-order valence-electron chi connectivity index (χ4n) is 2.61. The summed E-state index contributed by atoms with van der Waals surface area (Å²) in [4.78, 5) is 0. The van der Waals surface area contributed by atoms with Gasteiger partial charge in [-0.1, -0.05) is 11.6 Å². The van der Waals surface area contributed by atoms with Crippen molar-refractivity contribution in [3.8, 4) is 0 Å². The van der Waals surface area contributed by atoms with Crippen LogP contribution in [-0.4, -0.2) is 6.54 Å². The van der Waals surface area contributed by atoms with Crippen molar-refractivity contribution in [1.29, 1.82) is 0 Å². The van der Waals surface area contributed by atoms with Crippen LogP contribution in [0.3, 0.4) is 0 Å². The number of rotatable bonds is 5. The SMILES string of the molecule is CC(NCC1(C2CC2)CC1)c1csc(Cl)c1. The van der Waals surface area contributed by atoms with Crippen molar-refractivity contribution >= 4 is 22.9 Å². The third kappa shape index (κ3) is 2.15. The third-order valence-corrected chi connectivity index (χ3v) is 5.29. The summed E-state index contributed by atoms with van der Waals surface area (Å²) in [7, 11) is 0. The predicted octanol–water partition coefficient (Wildman–Crippen LogP) is 4.24. The van der Waals surface area contributed by atoms with Crippen LogP contribution >= 0.6 is 22.9 Å². The van der Waals surface area contributed by atoms with Gasteiger partial charge in [-0.15, -0.1) is 11.3 Å². The third-order valence-electron chi connectivity index (χ3n) is 4.18. The first-order valence-corrected chi connectivity index (χ1v) is 7.43. The Balaban J connectivity index is 1.55. The van der Waals surface area contributed by atoms with Gasteiger partial charge in [0.15, 0.2) is 0 Å². The Morgan fingerprint density at radius 2 is 2.31 bits per heavy atom. The fraction of sp³-hybridized carbons (Fsp3) is 0.692. The molecule has 0 radical (unpaired) electrons. The van der Waals surface area contributed by atoms with E-state index in [1.54, 1.807) is 11.3 Å². The molecule has 1 atom stereocenters. The van der Waals surface area contributed by atoms with Crippen LogP contribution in [0.4, 0.5) is 0 Å². The summed E-state index contributed by atoms with van der Waals surface area (Å²) in [5, 5.41) is 5.85. The van der Waals surface area contributed by atoms with Crippen LogP contribution in [0.5, 0.6) is 0 Å². The van der Waals surface area contributed by atoms with E-state index in [1.807, 2.05) is 0 Å². The van der Waals surface area contributed by atoms with Crippen molar-refractivity contribution in [2.45, 2.75) is 38.6 Å². The second kappa shape index (κ2) is 4.01. The molecule has 0 aliphatic heterocycles. The van der Waals surface area contributed by atoms with Crippen molar-refractivity contribution in [2.75, 3.05) is 6.54 Å². The van der Waals surface area contributed by atoms with Gasteiger partial charge in [-0.3, -0.25) is 0 Å². The Kier molecular flexibility index (Phi) is 2.77. The van der Waals surface area contributed by atoms with Crippen LogP contribution in [0.15, 0.2) is 11.4 Å². The minimum atomic E-state index is 0.444. The first-order valence-electron chi connectivity index (χ1n) is 6.17. The van der Waals surface area contributed by atoms with Crippen molar-refractivity contribution in [3.05, 3.63) is 21.3 Å². The highest BCUT2D eigenvalue weighted by molar-refractivity contribution is 7.14. The summed E-state index contributed by atoms with van der Waals surface area (Å²) in [5.74, 6) is 1.04. The van der Waals surface area contributed by atoms with Crippen molar-refractivity contribution < 1.29 is 0 Å². The average Bonchev–Trinajstić information content (AvgIpc) is 3.14. The molecular weight excluding hydrogens is 238 g/mol. The topological polar surface area (TPSA) is 12.0 Å². The van der Waals surface area contributed by atoms with Gasteiger partial charge in [-0.05, 0) is 60.9 Å². The van der Waals surface area contributed by atoms with Gasteiger partial charge < -0.3 is 5.32 Å². The fourth-order valence-corrected chi connectivity index (χ4v) is 3.59. The Labute approximate surface area is 106 Å². The van der Waals surface area contributed by atoms with Gasteiger partial charge >= 0.3 is 0 Å². The van der Waals surface area contributed by atoms with Crippen molar-refractivity contribution in [1.82, 2.24) is 5.32 Å². The van der Waals surface area contributed by atoms with E-state index < -0.39 is 0 Å². The second-order valence-electron chi connectivity index (χ2n) is 5.42. The van der Waals surface area contributed by atoms with Gasteiger partial charge in [0, 0.05) is 12.6 Å². The van der Waals surface area contributed by atoms with E-state index in [9.17, 15) is 0 Å². The number of hydrogen-bond acceptors (Lipinski definition) is 2. The molecule has 2 aliphatic carbocycles. The lowest BCUT2D eigenvalue weighted by atomic mass is 10.00. The summed E-state index contributed by atoms with van der Waals surface area (Å²) >= 11 is 7.58. The Morgan fingerprint density at radius 3 is 2.81 bits per heavy atom. The molecule has 0 bridgehead atoms. The molecule has 1 unspecified atom stereocenters. The van der Waals surface area contributed by atoms with Crippen LogP contribution in [0.2, 0.25) is 4.34 Å². The summed E-state index contributed by atoms with van der Waals surface area (Å²) in [6.45, 7) is 3.44. The lowest BCUT2D eigenvalue weighted by Crippen LogP contribution is -2.27. The van der Waals surface area contributed by atoms with Crippen LogP contribution in [0, 0.1) is 11.3 Å². The molecular formula is C13H18ClNS. The second-order valence-corrected chi connectivity index (χ2v) is 6.97. The molecule has 0 saturated heterocycles. The lowest BCUT2D eigenvalue weighted by Gasteiger charge is -2.19. The quantitative estimate of drug-likeness (QED) is 0.830. The highest BCUT2D eigenvalue weighted by atomic mass is 35.5. The van der Waals surface area contributed by atoms with Crippen LogP contribution in [0.1, 0.15) is 44.2 Å². The van der Waals surface area contributed by atoms with Crippen molar-refractivity contribution in [3.63, 3.8) is 0 Å². The number of nitrogens with one attached hydrogen (secondary N) is 1. The molecule has 1 aromatic rings. The normalized spacial score (nSPS) is 24.4. The zero-order valence-corrected chi connectivity index (χ0v) is 11.2. The molecule has 88 valence electrons. The molecule has 16 heavy (non-hydrogen) atoms. The average molecular weight is 256 g/mol. The van der Waals surface area contributed by atoms with Gasteiger partial charge in [0.1, 0.15) is 0 Å². The van der Waals surface area contributed by atoms with Gasteiger partial charge in [0.2, 0.25) is 0 Å². The maximum atomic E-state index is 5.96. The molecule has 3 rings (SSSR count). The van der Waals surface area contributed by atoms with E-state index in [4.69, 9.17) is 11.6 Å². The summed E-state index contributed by atoms with van der Waals surface area (Å²) in [6.07, 6.45) is 5.84. The summed E-state index contributed by atoms with van der Waals surface area (Å²) < 4.78 is 0.895. The first-order chi connectivity index (χ1) is 7.70. The molecule has 1 nitrogen and oxygen atoms in total. The highest BCUT2D eigenvalue weighted by Crippen LogP contribution is 2.60. The minimum Gasteiger partial charge on any atom is -0.310 e. The number of hydrogen-bond donors (Lipinski definition) is 1. The zero-order chi connectivity index (χ0) is 11.2.